The van der Waals surface area contributed by atoms with Crippen molar-refractivity contribution < 1.29 is 9.90 Å². The first-order valence-corrected chi connectivity index (χ1v) is 7.22. The van der Waals surface area contributed by atoms with Gasteiger partial charge in [0.2, 0.25) is 0 Å². The van der Waals surface area contributed by atoms with Crippen LogP contribution in [0.25, 0.3) is 0 Å². The van der Waals surface area contributed by atoms with E-state index in [4.69, 9.17) is 0 Å². The molecule has 5 heteroatoms. The third-order valence-electron chi connectivity index (χ3n) is 3.41. The largest absolute Gasteiger partial charge is 0.394 e. The molecule has 106 valence electrons. The lowest BCUT2D eigenvalue weighted by atomic mass is 9.94. The molecular weight excluding hydrogens is 308 g/mol. The first-order chi connectivity index (χ1) is 8.96. The van der Waals surface area contributed by atoms with Crippen LogP contribution in [-0.2, 0) is 0 Å². The second-order valence-corrected chi connectivity index (χ2v) is 5.56. The van der Waals surface area contributed by atoms with Crippen LogP contribution in [0.5, 0.6) is 0 Å². The van der Waals surface area contributed by atoms with E-state index in [1.165, 1.54) is 0 Å². The van der Waals surface area contributed by atoms with Crippen LogP contribution in [0.3, 0.4) is 0 Å². The summed E-state index contributed by atoms with van der Waals surface area (Å²) in [5.41, 5.74) is 1.27. The van der Waals surface area contributed by atoms with Crippen LogP contribution in [0, 0.1) is 6.92 Å². The first kappa shape index (κ1) is 16.0. The highest BCUT2D eigenvalue weighted by atomic mass is 79.9. The van der Waals surface area contributed by atoms with Crippen molar-refractivity contribution in [2.75, 3.05) is 11.9 Å². The molecule has 0 saturated carbocycles. The number of carbonyl (C=O) groups excluding carboxylic acids is 1. The highest BCUT2D eigenvalue weighted by Crippen LogP contribution is 2.23. The van der Waals surface area contributed by atoms with Gasteiger partial charge in [0, 0.05) is 4.47 Å². The Kier molecular flexibility index (Phi) is 5.82. The highest BCUT2D eigenvalue weighted by Gasteiger charge is 2.27. The fraction of sp³-hybridized carbons (Fsp3) is 0.500. The Balaban J connectivity index is 2.74. The summed E-state index contributed by atoms with van der Waals surface area (Å²) in [4.78, 5) is 12.0. The van der Waals surface area contributed by atoms with Crippen molar-refractivity contribution in [3.05, 3.63) is 28.2 Å². The number of benzene rings is 1. The summed E-state index contributed by atoms with van der Waals surface area (Å²) in [6.07, 6.45) is 1.37. The van der Waals surface area contributed by atoms with Crippen molar-refractivity contribution in [3.63, 3.8) is 0 Å². The molecule has 19 heavy (non-hydrogen) atoms. The summed E-state index contributed by atoms with van der Waals surface area (Å²) in [6.45, 7) is 5.81. The molecule has 0 spiro atoms. The predicted molar refractivity (Wildman–Crippen MR) is 81.4 cm³/mol. The van der Waals surface area contributed by atoms with Crippen LogP contribution >= 0.6 is 15.9 Å². The summed E-state index contributed by atoms with van der Waals surface area (Å²) in [5.74, 6) is 0. The topological polar surface area (TPSA) is 61.4 Å². The number of anilines is 1. The second kappa shape index (κ2) is 6.91. The maximum atomic E-state index is 12.0. The zero-order chi connectivity index (χ0) is 14.5. The molecule has 1 rings (SSSR count). The summed E-state index contributed by atoms with van der Waals surface area (Å²) < 4.78 is 0.838. The lowest BCUT2D eigenvalue weighted by molar-refractivity contribution is 0.155. The van der Waals surface area contributed by atoms with Crippen molar-refractivity contribution in [3.8, 4) is 0 Å². The number of halogens is 1. The van der Waals surface area contributed by atoms with E-state index in [1.807, 2.05) is 39.0 Å². The first-order valence-electron chi connectivity index (χ1n) is 6.42. The van der Waals surface area contributed by atoms with E-state index in [-0.39, 0.29) is 12.6 Å². The number of aliphatic hydroxyl groups is 1. The van der Waals surface area contributed by atoms with Gasteiger partial charge in [-0.15, -0.1) is 0 Å². The van der Waals surface area contributed by atoms with Crippen molar-refractivity contribution in [1.82, 2.24) is 5.32 Å². The molecule has 0 aliphatic rings. The Morgan fingerprint density at radius 2 is 2.00 bits per heavy atom. The molecule has 2 amide bonds. The Labute approximate surface area is 122 Å². The lowest BCUT2D eigenvalue weighted by Crippen LogP contribution is -2.52. The van der Waals surface area contributed by atoms with Gasteiger partial charge in [-0.2, -0.15) is 0 Å². The molecule has 0 saturated heterocycles. The van der Waals surface area contributed by atoms with Crippen LogP contribution in [0.4, 0.5) is 10.5 Å². The van der Waals surface area contributed by atoms with Gasteiger partial charge in [0.1, 0.15) is 0 Å². The van der Waals surface area contributed by atoms with Gasteiger partial charge in [-0.05, 0) is 53.4 Å². The van der Waals surface area contributed by atoms with Gasteiger partial charge in [0.05, 0.1) is 17.8 Å². The number of urea groups is 1. The van der Waals surface area contributed by atoms with Gasteiger partial charge in [0.15, 0.2) is 0 Å². The number of aryl methyl sites for hydroxylation is 1. The summed E-state index contributed by atoms with van der Waals surface area (Å²) >= 11 is 3.41. The average molecular weight is 329 g/mol. The molecule has 0 aliphatic carbocycles. The zero-order valence-electron chi connectivity index (χ0n) is 11.6. The molecule has 1 aromatic carbocycles. The van der Waals surface area contributed by atoms with E-state index in [2.05, 4.69) is 26.6 Å². The Morgan fingerprint density at radius 1 is 1.37 bits per heavy atom. The van der Waals surface area contributed by atoms with Gasteiger partial charge < -0.3 is 15.7 Å². The molecule has 0 aliphatic heterocycles. The quantitative estimate of drug-likeness (QED) is 0.775. The zero-order valence-corrected chi connectivity index (χ0v) is 13.2. The van der Waals surface area contributed by atoms with E-state index in [1.54, 1.807) is 0 Å². The monoisotopic (exact) mass is 328 g/mol. The summed E-state index contributed by atoms with van der Waals surface area (Å²) in [7, 11) is 0. The molecule has 1 aromatic rings. The fourth-order valence-electron chi connectivity index (χ4n) is 1.81. The summed E-state index contributed by atoms with van der Waals surface area (Å²) in [6, 6.07) is 5.41. The van der Waals surface area contributed by atoms with E-state index < -0.39 is 5.54 Å². The SMILES string of the molecule is CCC(CC)(CO)NC(=O)Nc1ccc(C)cc1Br. The molecular formula is C14H21BrN2O2. The van der Waals surface area contributed by atoms with Gasteiger partial charge in [-0.25, -0.2) is 4.79 Å². The third-order valence-corrected chi connectivity index (χ3v) is 4.06. The number of hydrogen-bond donors (Lipinski definition) is 3. The minimum absolute atomic E-state index is 0.0670. The van der Waals surface area contributed by atoms with E-state index in [0.29, 0.717) is 18.5 Å². The van der Waals surface area contributed by atoms with Crippen LogP contribution in [0.2, 0.25) is 0 Å². The van der Waals surface area contributed by atoms with E-state index >= 15 is 0 Å². The number of aliphatic hydroxyl groups excluding tert-OH is 1. The number of rotatable bonds is 5. The molecule has 4 nitrogen and oxygen atoms in total. The molecule has 0 radical (unpaired) electrons. The molecule has 0 atom stereocenters. The van der Waals surface area contributed by atoms with Crippen LogP contribution < -0.4 is 10.6 Å². The van der Waals surface area contributed by atoms with Gasteiger partial charge in [-0.1, -0.05) is 19.9 Å². The van der Waals surface area contributed by atoms with Gasteiger partial charge in [-0.3, -0.25) is 0 Å². The maximum Gasteiger partial charge on any atom is 0.319 e. The average Bonchev–Trinajstić information content (AvgIpc) is 2.39. The minimum atomic E-state index is -0.554. The van der Waals surface area contributed by atoms with Gasteiger partial charge in [0.25, 0.3) is 0 Å². The number of hydrogen-bond acceptors (Lipinski definition) is 2. The standard InChI is InChI=1S/C14H21BrN2O2/c1-4-14(5-2,9-18)17-13(19)16-12-7-6-10(3)8-11(12)15/h6-8,18H,4-5,9H2,1-3H3,(H2,16,17,19). The Bertz CT molecular complexity index is 437. The van der Waals surface area contributed by atoms with Gasteiger partial charge >= 0.3 is 6.03 Å². The minimum Gasteiger partial charge on any atom is -0.394 e. The molecule has 3 N–H and O–H groups in total. The fourth-order valence-corrected chi connectivity index (χ4v) is 2.40. The van der Waals surface area contributed by atoms with E-state index in [9.17, 15) is 9.90 Å². The predicted octanol–water partition coefficient (Wildman–Crippen LogP) is 3.43. The van der Waals surface area contributed by atoms with Crippen molar-refractivity contribution in [1.29, 1.82) is 0 Å². The smallest absolute Gasteiger partial charge is 0.319 e. The van der Waals surface area contributed by atoms with Crippen molar-refractivity contribution >= 4 is 27.6 Å². The van der Waals surface area contributed by atoms with Crippen LogP contribution in [-0.4, -0.2) is 23.3 Å². The lowest BCUT2D eigenvalue weighted by Gasteiger charge is -2.30. The van der Waals surface area contributed by atoms with Crippen molar-refractivity contribution in [2.24, 2.45) is 0 Å². The molecule has 0 bridgehead atoms. The van der Waals surface area contributed by atoms with Crippen LogP contribution in [0.15, 0.2) is 22.7 Å². The van der Waals surface area contributed by atoms with Crippen LogP contribution in [0.1, 0.15) is 32.3 Å². The Morgan fingerprint density at radius 3 is 2.47 bits per heavy atom. The second-order valence-electron chi connectivity index (χ2n) is 4.71. The van der Waals surface area contributed by atoms with Crippen molar-refractivity contribution in [2.45, 2.75) is 39.2 Å². The normalized spacial score (nSPS) is 11.2. The maximum absolute atomic E-state index is 12.0. The molecule has 0 heterocycles. The number of amides is 2. The number of carbonyl (C=O) groups is 1. The third kappa shape index (κ3) is 4.21. The molecule has 0 fully saturated rings. The molecule has 0 unspecified atom stereocenters. The molecule has 0 aromatic heterocycles. The Hall–Kier alpha value is -1.07. The number of nitrogens with one attached hydrogen (secondary N) is 2. The highest BCUT2D eigenvalue weighted by molar-refractivity contribution is 9.10. The van der Waals surface area contributed by atoms with E-state index in [0.717, 1.165) is 10.0 Å². The summed E-state index contributed by atoms with van der Waals surface area (Å²) in [5, 5.41) is 15.1.